The zero-order valence-corrected chi connectivity index (χ0v) is 11.9. The average molecular weight is 299 g/mol. The van der Waals surface area contributed by atoms with Crippen LogP contribution in [-0.2, 0) is 0 Å². The maximum absolute atomic E-state index is 9.29. The zero-order valence-electron chi connectivity index (χ0n) is 11.1. The van der Waals surface area contributed by atoms with Gasteiger partial charge in [-0.25, -0.2) is 9.97 Å². The molecule has 0 saturated carbocycles. The summed E-state index contributed by atoms with van der Waals surface area (Å²) in [4.78, 5) is 8.58. The summed E-state index contributed by atoms with van der Waals surface area (Å²) in [5, 5.41) is 20.4. The van der Waals surface area contributed by atoms with E-state index < -0.39 is 0 Å². The van der Waals surface area contributed by atoms with Crippen molar-refractivity contribution < 1.29 is 0 Å². The molecule has 0 amide bonds. The average Bonchev–Trinajstić information content (AvgIpc) is 3.01. The maximum Gasteiger partial charge on any atom is 0.146 e. The molecule has 1 unspecified atom stereocenters. The molecule has 2 aromatic heterocycles. The Kier molecular flexibility index (Phi) is 3.42. The van der Waals surface area contributed by atoms with Gasteiger partial charge in [0.15, 0.2) is 0 Å². The minimum atomic E-state index is -0.101. The van der Waals surface area contributed by atoms with E-state index >= 15 is 0 Å². The molecule has 0 aliphatic heterocycles. The number of halogens is 1. The number of fused-ring (bicyclic) bond motifs is 1. The first-order valence-electron chi connectivity index (χ1n) is 6.29. The Hall–Kier alpha value is -2.65. The first kappa shape index (κ1) is 13.3. The van der Waals surface area contributed by atoms with Crippen molar-refractivity contribution in [2.75, 3.05) is 5.32 Å². The highest BCUT2D eigenvalue weighted by molar-refractivity contribution is 6.31. The van der Waals surface area contributed by atoms with Gasteiger partial charge in [0.25, 0.3) is 0 Å². The van der Waals surface area contributed by atoms with Gasteiger partial charge in [0.05, 0.1) is 23.2 Å². The van der Waals surface area contributed by atoms with Crippen molar-refractivity contribution in [3.05, 3.63) is 47.0 Å². The monoisotopic (exact) mass is 298 g/mol. The van der Waals surface area contributed by atoms with Crippen molar-refractivity contribution in [2.24, 2.45) is 0 Å². The summed E-state index contributed by atoms with van der Waals surface area (Å²) in [5.74, 6) is 1.30. The van der Waals surface area contributed by atoms with E-state index in [9.17, 15) is 5.26 Å². The topological polar surface area (TPSA) is 90.3 Å². The molecular weight excluding hydrogens is 288 g/mol. The molecule has 0 fully saturated rings. The molecule has 6 nitrogen and oxygen atoms in total. The number of benzene rings is 1. The van der Waals surface area contributed by atoms with Crippen molar-refractivity contribution >= 4 is 28.3 Å². The molecule has 2 heterocycles. The molecule has 0 spiro atoms. The highest BCUT2D eigenvalue weighted by Gasteiger charge is 2.11. The van der Waals surface area contributed by atoms with Crippen LogP contribution in [0.4, 0.5) is 5.82 Å². The standard InChI is InChI=1S/C14H11ClN6/c1-8(14-17-7-18-21-14)19-13-4-9(6-16)11-5-10(15)2-3-12(11)20-13/h2-5,7-8H,1H3,(H,19,20)(H,17,18,21). The predicted molar refractivity (Wildman–Crippen MR) is 79.9 cm³/mol. The van der Waals surface area contributed by atoms with E-state index in [1.54, 1.807) is 24.3 Å². The quantitative estimate of drug-likeness (QED) is 0.775. The number of aromatic nitrogens is 4. The number of hydrogen-bond acceptors (Lipinski definition) is 5. The first-order valence-corrected chi connectivity index (χ1v) is 6.67. The minimum Gasteiger partial charge on any atom is -0.360 e. The van der Waals surface area contributed by atoms with Crippen LogP contribution in [-0.4, -0.2) is 20.2 Å². The molecule has 7 heteroatoms. The normalized spacial score (nSPS) is 12.0. The SMILES string of the molecule is CC(Nc1cc(C#N)c2cc(Cl)ccc2n1)c1ncn[nH]1. The lowest BCUT2D eigenvalue weighted by molar-refractivity contribution is 0.791. The van der Waals surface area contributed by atoms with Crippen molar-refractivity contribution in [1.82, 2.24) is 20.2 Å². The molecule has 21 heavy (non-hydrogen) atoms. The van der Waals surface area contributed by atoms with Crippen LogP contribution in [0.1, 0.15) is 24.4 Å². The summed E-state index contributed by atoms with van der Waals surface area (Å²) < 4.78 is 0. The van der Waals surface area contributed by atoms with Gasteiger partial charge in [0.1, 0.15) is 18.0 Å². The second-order valence-corrected chi connectivity index (χ2v) is 5.00. The Bertz CT molecular complexity index is 821. The fourth-order valence-electron chi connectivity index (χ4n) is 2.08. The molecule has 0 aliphatic rings. The van der Waals surface area contributed by atoms with Crippen LogP contribution in [0.3, 0.4) is 0 Å². The third-order valence-corrected chi connectivity index (χ3v) is 3.33. The van der Waals surface area contributed by atoms with Crippen LogP contribution in [0.2, 0.25) is 5.02 Å². The Balaban J connectivity index is 2.00. The van der Waals surface area contributed by atoms with E-state index in [1.807, 2.05) is 6.92 Å². The van der Waals surface area contributed by atoms with Gasteiger partial charge in [-0.3, -0.25) is 5.10 Å². The van der Waals surface area contributed by atoms with Gasteiger partial charge < -0.3 is 5.32 Å². The Morgan fingerprint density at radius 1 is 1.38 bits per heavy atom. The van der Waals surface area contributed by atoms with Crippen molar-refractivity contribution in [1.29, 1.82) is 5.26 Å². The highest BCUT2D eigenvalue weighted by Crippen LogP contribution is 2.25. The van der Waals surface area contributed by atoms with Crippen LogP contribution in [0.15, 0.2) is 30.6 Å². The molecule has 0 saturated heterocycles. The third kappa shape index (κ3) is 2.64. The van der Waals surface area contributed by atoms with E-state index in [2.05, 4.69) is 31.6 Å². The fraction of sp³-hybridized carbons (Fsp3) is 0.143. The molecule has 0 radical (unpaired) electrons. The Morgan fingerprint density at radius 3 is 2.95 bits per heavy atom. The summed E-state index contributed by atoms with van der Waals surface area (Å²) in [7, 11) is 0. The van der Waals surface area contributed by atoms with E-state index in [4.69, 9.17) is 11.6 Å². The zero-order chi connectivity index (χ0) is 14.8. The van der Waals surface area contributed by atoms with Gasteiger partial charge in [-0.1, -0.05) is 11.6 Å². The second-order valence-electron chi connectivity index (χ2n) is 4.57. The molecule has 2 N–H and O–H groups in total. The van der Waals surface area contributed by atoms with Gasteiger partial charge in [-0.2, -0.15) is 10.4 Å². The number of pyridine rings is 1. The molecule has 1 aromatic carbocycles. The molecule has 104 valence electrons. The smallest absolute Gasteiger partial charge is 0.146 e. The Morgan fingerprint density at radius 2 is 2.24 bits per heavy atom. The molecule has 3 rings (SSSR count). The minimum absolute atomic E-state index is 0.101. The van der Waals surface area contributed by atoms with E-state index in [-0.39, 0.29) is 6.04 Å². The largest absolute Gasteiger partial charge is 0.360 e. The van der Waals surface area contributed by atoms with E-state index in [0.717, 1.165) is 5.39 Å². The molecular formula is C14H11ClN6. The van der Waals surface area contributed by atoms with E-state index in [1.165, 1.54) is 6.33 Å². The third-order valence-electron chi connectivity index (χ3n) is 3.10. The van der Waals surface area contributed by atoms with Gasteiger partial charge in [0.2, 0.25) is 0 Å². The highest BCUT2D eigenvalue weighted by atomic mass is 35.5. The number of nitriles is 1. The Labute approximate surface area is 125 Å². The lowest BCUT2D eigenvalue weighted by Gasteiger charge is -2.13. The number of anilines is 1. The molecule has 1 atom stereocenters. The van der Waals surface area contributed by atoms with Crippen LogP contribution < -0.4 is 5.32 Å². The van der Waals surface area contributed by atoms with Crippen molar-refractivity contribution in [3.63, 3.8) is 0 Å². The van der Waals surface area contributed by atoms with Crippen molar-refractivity contribution in [3.8, 4) is 6.07 Å². The van der Waals surface area contributed by atoms with Crippen LogP contribution in [0.25, 0.3) is 10.9 Å². The van der Waals surface area contributed by atoms with Crippen LogP contribution in [0.5, 0.6) is 0 Å². The number of rotatable bonds is 3. The number of H-pyrrole nitrogens is 1. The number of hydrogen-bond donors (Lipinski definition) is 2. The fourth-order valence-corrected chi connectivity index (χ4v) is 2.25. The molecule has 0 bridgehead atoms. The lowest BCUT2D eigenvalue weighted by Crippen LogP contribution is -2.10. The number of nitrogens with zero attached hydrogens (tertiary/aromatic N) is 4. The molecule has 0 aliphatic carbocycles. The summed E-state index contributed by atoms with van der Waals surface area (Å²) in [6.07, 6.45) is 1.45. The second kappa shape index (κ2) is 5.38. The number of aromatic amines is 1. The van der Waals surface area contributed by atoms with Gasteiger partial charge in [-0.05, 0) is 31.2 Å². The number of nitrogens with one attached hydrogen (secondary N) is 2. The molecule has 3 aromatic rings. The summed E-state index contributed by atoms with van der Waals surface area (Å²) >= 11 is 5.97. The van der Waals surface area contributed by atoms with E-state index in [0.29, 0.717) is 27.7 Å². The summed E-state index contributed by atoms with van der Waals surface area (Å²) in [6.45, 7) is 1.93. The summed E-state index contributed by atoms with van der Waals surface area (Å²) in [5.41, 5.74) is 1.24. The van der Waals surface area contributed by atoms with Gasteiger partial charge in [-0.15, -0.1) is 0 Å². The van der Waals surface area contributed by atoms with Crippen molar-refractivity contribution in [2.45, 2.75) is 13.0 Å². The summed E-state index contributed by atoms with van der Waals surface area (Å²) in [6, 6.07) is 9.06. The lowest BCUT2D eigenvalue weighted by atomic mass is 10.1. The van der Waals surface area contributed by atoms with Gasteiger partial charge >= 0.3 is 0 Å². The maximum atomic E-state index is 9.29. The van der Waals surface area contributed by atoms with Crippen LogP contribution in [0, 0.1) is 11.3 Å². The first-order chi connectivity index (χ1) is 10.2. The van der Waals surface area contributed by atoms with Crippen LogP contribution >= 0.6 is 11.6 Å². The van der Waals surface area contributed by atoms with Gasteiger partial charge in [0, 0.05) is 10.4 Å². The predicted octanol–water partition coefficient (Wildman–Crippen LogP) is 3.05.